The summed E-state index contributed by atoms with van der Waals surface area (Å²) in [5.41, 5.74) is 3.41. The predicted octanol–water partition coefficient (Wildman–Crippen LogP) is 3.49. The summed E-state index contributed by atoms with van der Waals surface area (Å²) in [6.45, 7) is 1.99. The maximum absolute atomic E-state index is 12.1. The number of nitrogens with zero attached hydrogens (tertiary/aromatic N) is 1. The Morgan fingerprint density at radius 3 is 2.92 bits per heavy atom. The number of H-pyrrole nitrogens is 1. The van der Waals surface area contributed by atoms with Crippen molar-refractivity contribution in [2.24, 2.45) is 0 Å². The van der Waals surface area contributed by atoms with Crippen LogP contribution in [0.25, 0.3) is 11.0 Å². The molecule has 0 saturated carbocycles. The number of aliphatic hydroxyl groups excluding tert-OH is 1. The van der Waals surface area contributed by atoms with Crippen LogP contribution in [-0.2, 0) is 11.4 Å². The summed E-state index contributed by atoms with van der Waals surface area (Å²) in [5, 5.41) is 12.1. The van der Waals surface area contributed by atoms with Crippen molar-refractivity contribution in [3.05, 3.63) is 59.9 Å². The number of aromatic amines is 1. The molecule has 0 aliphatic heterocycles. The van der Waals surface area contributed by atoms with Crippen LogP contribution in [0.1, 0.15) is 23.6 Å². The van der Waals surface area contributed by atoms with Crippen LogP contribution in [0.15, 0.2) is 48.5 Å². The van der Waals surface area contributed by atoms with Gasteiger partial charge in [0.1, 0.15) is 5.82 Å². The summed E-state index contributed by atoms with van der Waals surface area (Å²) in [6, 6.07) is 15.1. The number of fused-ring (bicyclic) bond motifs is 1. The lowest BCUT2D eigenvalue weighted by molar-refractivity contribution is -0.113. The van der Waals surface area contributed by atoms with E-state index in [1.807, 2.05) is 49.4 Å². The lowest BCUT2D eigenvalue weighted by Crippen LogP contribution is -2.15. The molecule has 24 heavy (non-hydrogen) atoms. The van der Waals surface area contributed by atoms with Crippen molar-refractivity contribution in [3.8, 4) is 0 Å². The van der Waals surface area contributed by atoms with Crippen LogP contribution in [0, 0.1) is 0 Å². The minimum absolute atomic E-state index is 0.0401. The Morgan fingerprint density at radius 2 is 2.12 bits per heavy atom. The molecule has 6 heteroatoms. The van der Waals surface area contributed by atoms with E-state index in [-0.39, 0.29) is 17.8 Å². The molecule has 1 heterocycles. The number of imidazole rings is 1. The van der Waals surface area contributed by atoms with Crippen LogP contribution < -0.4 is 5.32 Å². The van der Waals surface area contributed by atoms with Crippen molar-refractivity contribution < 1.29 is 9.90 Å². The van der Waals surface area contributed by atoms with E-state index in [0.717, 1.165) is 22.4 Å². The topological polar surface area (TPSA) is 78.0 Å². The van der Waals surface area contributed by atoms with Gasteiger partial charge in [0, 0.05) is 5.69 Å². The molecule has 1 amide bonds. The first-order valence-electron chi connectivity index (χ1n) is 7.71. The predicted molar refractivity (Wildman–Crippen MR) is 98.0 cm³/mol. The molecular formula is C18H19N3O2S. The fraction of sp³-hybridized carbons (Fsp3) is 0.222. The number of aromatic nitrogens is 2. The summed E-state index contributed by atoms with van der Waals surface area (Å²) in [6.07, 6.45) is 0. The first kappa shape index (κ1) is 16.5. The van der Waals surface area contributed by atoms with Gasteiger partial charge in [-0.15, -0.1) is 11.8 Å². The molecule has 0 aliphatic rings. The van der Waals surface area contributed by atoms with Crippen LogP contribution in [0.4, 0.5) is 5.69 Å². The molecule has 3 N–H and O–H groups in total. The Labute approximate surface area is 144 Å². The zero-order chi connectivity index (χ0) is 16.9. The van der Waals surface area contributed by atoms with Gasteiger partial charge < -0.3 is 15.4 Å². The summed E-state index contributed by atoms with van der Waals surface area (Å²) in [5.74, 6) is 1.14. The summed E-state index contributed by atoms with van der Waals surface area (Å²) < 4.78 is 0. The summed E-state index contributed by atoms with van der Waals surface area (Å²) in [7, 11) is 0. The fourth-order valence-corrected chi connectivity index (χ4v) is 3.13. The van der Waals surface area contributed by atoms with Gasteiger partial charge in [0.25, 0.3) is 0 Å². The first-order chi connectivity index (χ1) is 11.7. The van der Waals surface area contributed by atoms with E-state index in [1.165, 1.54) is 11.8 Å². The number of aliphatic hydroxyl groups is 1. The number of anilines is 1. The second kappa shape index (κ2) is 7.51. The van der Waals surface area contributed by atoms with Gasteiger partial charge in [0.05, 0.1) is 28.6 Å². The smallest absolute Gasteiger partial charge is 0.234 e. The maximum atomic E-state index is 12.1. The molecule has 0 fully saturated rings. The Morgan fingerprint density at radius 1 is 1.29 bits per heavy atom. The molecule has 2 aromatic carbocycles. The zero-order valence-corrected chi connectivity index (χ0v) is 14.1. The second-order valence-corrected chi connectivity index (χ2v) is 6.83. The summed E-state index contributed by atoms with van der Waals surface area (Å²) in [4.78, 5) is 19.9. The monoisotopic (exact) mass is 341 g/mol. The Bertz CT molecular complexity index is 814. The highest BCUT2D eigenvalue weighted by Gasteiger charge is 2.13. The van der Waals surface area contributed by atoms with Crippen molar-refractivity contribution in [1.82, 2.24) is 9.97 Å². The number of carbonyl (C=O) groups excluding carboxylic acids is 1. The number of rotatable bonds is 6. The highest BCUT2D eigenvalue weighted by Crippen LogP contribution is 2.27. The molecule has 1 atom stereocenters. The molecule has 1 aromatic heterocycles. The van der Waals surface area contributed by atoms with E-state index in [9.17, 15) is 4.79 Å². The van der Waals surface area contributed by atoms with Gasteiger partial charge in [-0.25, -0.2) is 4.98 Å². The molecule has 0 saturated heterocycles. The molecular weight excluding hydrogens is 322 g/mol. The quantitative estimate of drug-likeness (QED) is 0.641. The Balaban J connectivity index is 1.57. The zero-order valence-electron chi connectivity index (χ0n) is 13.3. The molecule has 124 valence electrons. The van der Waals surface area contributed by atoms with Gasteiger partial charge >= 0.3 is 0 Å². The number of hydrogen-bond acceptors (Lipinski definition) is 4. The molecule has 3 aromatic rings. The van der Waals surface area contributed by atoms with Crippen LogP contribution in [0.3, 0.4) is 0 Å². The first-order valence-corrected chi connectivity index (χ1v) is 8.76. The molecule has 3 rings (SSSR count). The molecule has 0 spiro atoms. The fourth-order valence-electron chi connectivity index (χ4n) is 2.39. The average molecular weight is 341 g/mol. The highest BCUT2D eigenvalue weighted by molar-refractivity contribution is 8.00. The Kier molecular flexibility index (Phi) is 5.17. The van der Waals surface area contributed by atoms with E-state index in [4.69, 9.17) is 5.11 Å². The van der Waals surface area contributed by atoms with E-state index in [1.54, 1.807) is 6.07 Å². The second-order valence-electron chi connectivity index (χ2n) is 5.50. The van der Waals surface area contributed by atoms with Crippen molar-refractivity contribution in [2.45, 2.75) is 18.8 Å². The standard InChI is InChI=1S/C18H19N3O2S/c1-12(18-20-15-7-2-3-8-16(15)21-18)24-11-17(23)19-14-6-4-5-13(9-14)10-22/h2-9,12,22H,10-11H2,1H3,(H,19,23)(H,20,21). The summed E-state index contributed by atoms with van der Waals surface area (Å²) >= 11 is 1.53. The molecule has 0 aliphatic carbocycles. The average Bonchev–Trinajstić information content (AvgIpc) is 3.04. The van der Waals surface area contributed by atoms with Crippen LogP contribution in [-0.4, -0.2) is 26.7 Å². The van der Waals surface area contributed by atoms with Crippen molar-refractivity contribution in [2.75, 3.05) is 11.1 Å². The van der Waals surface area contributed by atoms with Gasteiger partial charge in [-0.1, -0.05) is 24.3 Å². The van der Waals surface area contributed by atoms with Crippen LogP contribution in [0.5, 0.6) is 0 Å². The highest BCUT2D eigenvalue weighted by atomic mass is 32.2. The third-order valence-electron chi connectivity index (χ3n) is 3.65. The van der Waals surface area contributed by atoms with E-state index >= 15 is 0 Å². The van der Waals surface area contributed by atoms with Crippen LogP contribution in [0.2, 0.25) is 0 Å². The molecule has 0 radical (unpaired) electrons. The third-order valence-corrected chi connectivity index (χ3v) is 4.80. The minimum Gasteiger partial charge on any atom is -0.392 e. The van der Waals surface area contributed by atoms with Gasteiger partial charge in [-0.05, 0) is 36.8 Å². The van der Waals surface area contributed by atoms with E-state index < -0.39 is 0 Å². The van der Waals surface area contributed by atoms with Gasteiger partial charge in [-0.2, -0.15) is 0 Å². The molecule has 1 unspecified atom stereocenters. The lowest BCUT2D eigenvalue weighted by Gasteiger charge is -2.09. The largest absolute Gasteiger partial charge is 0.392 e. The third kappa shape index (κ3) is 3.96. The van der Waals surface area contributed by atoms with Crippen LogP contribution >= 0.6 is 11.8 Å². The maximum Gasteiger partial charge on any atom is 0.234 e. The molecule has 0 bridgehead atoms. The normalized spacial score (nSPS) is 12.2. The number of hydrogen-bond donors (Lipinski definition) is 3. The van der Waals surface area contributed by atoms with E-state index in [0.29, 0.717) is 11.4 Å². The van der Waals surface area contributed by atoms with Crippen molar-refractivity contribution in [3.63, 3.8) is 0 Å². The lowest BCUT2D eigenvalue weighted by atomic mass is 10.2. The van der Waals surface area contributed by atoms with Crippen molar-refractivity contribution >= 4 is 34.4 Å². The Hall–Kier alpha value is -2.31. The van der Waals surface area contributed by atoms with Gasteiger partial charge in [0.15, 0.2) is 0 Å². The number of amides is 1. The molecule has 5 nitrogen and oxygen atoms in total. The van der Waals surface area contributed by atoms with Gasteiger partial charge in [-0.3, -0.25) is 4.79 Å². The minimum atomic E-state index is -0.0712. The number of thioether (sulfide) groups is 1. The number of nitrogens with one attached hydrogen (secondary N) is 2. The van der Waals surface area contributed by atoms with Gasteiger partial charge in [0.2, 0.25) is 5.91 Å². The van der Waals surface area contributed by atoms with E-state index in [2.05, 4.69) is 15.3 Å². The SMILES string of the molecule is CC(SCC(=O)Nc1cccc(CO)c1)c1nc2ccccc2[nH]1. The number of carbonyl (C=O) groups is 1. The number of benzene rings is 2. The number of para-hydroxylation sites is 2. The van der Waals surface area contributed by atoms with Crippen molar-refractivity contribution in [1.29, 1.82) is 0 Å².